The third kappa shape index (κ3) is 5.09. The van der Waals surface area contributed by atoms with Crippen molar-refractivity contribution < 1.29 is 28.2 Å². The number of nitrogens with one attached hydrogen (secondary N) is 1. The van der Waals surface area contributed by atoms with Crippen molar-refractivity contribution >= 4 is 45.5 Å². The first-order valence-corrected chi connectivity index (χ1v) is 11.3. The Morgan fingerprint density at radius 3 is 2.40 bits per heavy atom. The Hall–Kier alpha value is -3.98. The minimum atomic E-state index is -0.841. The first kappa shape index (κ1) is 24.2. The van der Waals surface area contributed by atoms with Crippen LogP contribution >= 0.6 is 15.9 Å². The Kier molecular flexibility index (Phi) is 6.97. The molecule has 35 heavy (non-hydrogen) atoms. The van der Waals surface area contributed by atoms with E-state index in [4.69, 9.17) is 9.47 Å². The average molecular weight is 539 g/mol. The predicted molar refractivity (Wildman–Crippen MR) is 132 cm³/mol. The van der Waals surface area contributed by atoms with E-state index >= 15 is 0 Å². The fourth-order valence-corrected chi connectivity index (χ4v) is 4.31. The maximum atomic E-state index is 13.6. The highest BCUT2D eigenvalue weighted by molar-refractivity contribution is 9.10. The standard InChI is InChI=1S/C26H20BrFN2O5/c1-34-19-8-6-18(7-9-19)30-25(32)21(24(31)29-26(30)33)12-16-13-22(27)20(23(14-16)35-2)11-15-4-3-5-17(28)10-15/h3-10,12-14H,11H2,1-2H3,(H,29,31,33)/b21-12+. The highest BCUT2D eigenvalue weighted by Gasteiger charge is 2.36. The van der Waals surface area contributed by atoms with Crippen LogP contribution in [-0.4, -0.2) is 32.1 Å². The smallest absolute Gasteiger partial charge is 0.335 e. The highest BCUT2D eigenvalue weighted by atomic mass is 79.9. The van der Waals surface area contributed by atoms with Gasteiger partial charge in [0.1, 0.15) is 22.9 Å². The molecule has 0 aliphatic carbocycles. The first-order chi connectivity index (χ1) is 16.8. The Bertz CT molecular complexity index is 1350. The maximum absolute atomic E-state index is 13.6. The Morgan fingerprint density at radius 1 is 1.00 bits per heavy atom. The molecule has 0 aromatic heterocycles. The number of hydrogen-bond donors (Lipinski definition) is 1. The van der Waals surface area contributed by atoms with Gasteiger partial charge in [0.05, 0.1) is 19.9 Å². The molecular formula is C26H20BrFN2O5. The van der Waals surface area contributed by atoms with Gasteiger partial charge in [-0.15, -0.1) is 0 Å². The number of rotatable bonds is 6. The zero-order chi connectivity index (χ0) is 25.1. The molecule has 9 heteroatoms. The van der Waals surface area contributed by atoms with E-state index in [0.29, 0.717) is 28.0 Å². The van der Waals surface area contributed by atoms with Crippen LogP contribution in [0.2, 0.25) is 0 Å². The fraction of sp³-hybridized carbons (Fsp3) is 0.115. The van der Waals surface area contributed by atoms with E-state index in [0.717, 1.165) is 16.0 Å². The first-order valence-electron chi connectivity index (χ1n) is 10.5. The van der Waals surface area contributed by atoms with Gasteiger partial charge in [0.25, 0.3) is 11.8 Å². The Balaban J connectivity index is 1.68. The van der Waals surface area contributed by atoms with Gasteiger partial charge < -0.3 is 9.47 Å². The van der Waals surface area contributed by atoms with E-state index in [1.165, 1.54) is 32.4 Å². The second-order valence-electron chi connectivity index (χ2n) is 7.65. The number of hydrogen-bond acceptors (Lipinski definition) is 5. The molecule has 4 amide bonds. The van der Waals surface area contributed by atoms with Gasteiger partial charge in [-0.2, -0.15) is 0 Å². The minimum Gasteiger partial charge on any atom is -0.497 e. The zero-order valence-corrected chi connectivity index (χ0v) is 20.4. The number of nitrogens with zero attached hydrogens (tertiary/aromatic N) is 1. The molecule has 1 heterocycles. The second-order valence-corrected chi connectivity index (χ2v) is 8.50. The van der Waals surface area contributed by atoms with Crippen LogP contribution in [0.4, 0.5) is 14.9 Å². The molecule has 1 aliphatic rings. The summed E-state index contributed by atoms with van der Waals surface area (Å²) in [6, 6.07) is 15.1. The number of halogens is 2. The average Bonchev–Trinajstić information content (AvgIpc) is 2.83. The van der Waals surface area contributed by atoms with Gasteiger partial charge in [0.15, 0.2) is 0 Å². The molecule has 0 radical (unpaired) electrons. The Morgan fingerprint density at radius 2 is 1.74 bits per heavy atom. The normalized spacial score (nSPS) is 14.8. The highest BCUT2D eigenvalue weighted by Crippen LogP contribution is 2.33. The predicted octanol–water partition coefficient (Wildman–Crippen LogP) is 4.86. The van der Waals surface area contributed by atoms with Crippen molar-refractivity contribution in [2.45, 2.75) is 6.42 Å². The number of barbiturate groups is 1. The molecule has 4 rings (SSSR count). The second kappa shape index (κ2) is 10.1. The molecule has 1 saturated heterocycles. The summed E-state index contributed by atoms with van der Waals surface area (Å²) in [6.45, 7) is 0. The topological polar surface area (TPSA) is 84.9 Å². The van der Waals surface area contributed by atoms with Crippen LogP contribution in [0.25, 0.3) is 6.08 Å². The molecule has 0 saturated carbocycles. The van der Waals surface area contributed by atoms with Gasteiger partial charge in [-0.1, -0.05) is 28.1 Å². The van der Waals surface area contributed by atoms with Crippen molar-refractivity contribution in [2.24, 2.45) is 0 Å². The largest absolute Gasteiger partial charge is 0.497 e. The number of imide groups is 2. The van der Waals surface area contributed by atoms with Crippen molar-refractivity contribution in [1.82, 2.24) is 5.32 Å². The summed E-state index contributed by atoms with van der Waals surface area (Å²) in [7, 11) is 3.00. The molecule has 1 N–H and O–H groups in total. The lowest BCUT2D eigenvalue weighted by Crippen LogP contribution is -2.54. The molecule has 178 valence electrons. The summed E-state index contributed by atoms with van der Waals surface area (Å²) in [5.41, 5.74) is 2.10. The maximum Gasteiger partial charge on any atom is 0.335 e. The molecule has 0 spiro atoms. The van der Waals surface area contributed by atoms with E-state index < -0.39 is 17.8 Å². The van der Waals surface area contributed by atoms with E-state index in [1.807, 2.05) is 0 Å². The van der Waals surface area contributed by atoms with Crippen LogP contribution in [0.3, 0.4) is 0 Å². The number of benzene rings is 3. The fourth-order valence-electron chi connectivity index (χ4n) is 3.71. The van der Waals surface area contributed by atoms with Crippen molar-refractivity contribution in [1.29, 1.82) is 0 Å². The summed E-state index contributed by atoms with van der Waals surface area (Å²) in [5, 5.41) is 2.20. The summed E-state index contributed by atoms with van der Waals surface area (Å²) in [6.07, 6.45) is 1.79. The van der Waals surface area contributed by atoms with E-state index in [9.17, 15) is 18.8 Å². The van der Waals surface area contributed by atoms with Gasteiger partial charge in [-0.25, -0.2) is 14.1 Å². The SMILES string of the molecule is COc1ccc(N2C(=O)NC(=O)/C(=C\c3cc(Br)c(Cc4cccc(F)c4)c(OC)c3)C2=O)cc1. The summed E-state index contributed by atoms with van der Waals surface area (Å²) >= 11 is 3.52. The molecule has 1 fully saturated rings. The number of carbonyl (C=O) groups is 3. The van der Waals surface area contributed by atoms with Crippen LogP contribution < -0.4 is 19.7 Å². The van der Waals surface area contributed by atoms with Gasteiger partial charge in [0.2, 0.25) is 0 Å². The van der Waals surface area contributed by atoms with Gasteiger partial charge in [-0.3, -0.25) is 14.9 Å². The summed E-state index contributed by atoms with van der Waals surface area (Å²) in [4.78, 5) is 39.0. The number of urea groups is 1. The molecule has 0 atom stereocenters. The lowest BCUT2D eigenvalue weighted by molar-refractivity contribution is -0.122. The number of anilines is 1. The molecule has 0 bridgehead atoms. The van der Waals surface area contributed by atoms with E-state index in [-0.39, 0.29) is 17.1 Å². The molecule has 1 aliphatic heterocycles. The number of carbonyl (C=O) groups excluding carboxylic acids is 3. The molecule has 3 aromatic rings. The van der Waals surface area contributed by atoms with Crippen LogP contribution in [0.1, 0.15) is 16.7 Å². The van der Waals surface area contributed by atoms with Crippen LogP contribution in [0.15, 0.2) is 70.7 Å². The van der Waals surface area contributed by atoms with Crippen molar-refractivity contribution in [2.75, 3.05) is 19.1 Å². The van der Waals surface area contributed by atoms with Gasteiger partial charge in [-0.05, 0) is 65.7 Å². The molecule has 7 nitrogen and oxygen atoms in total. The van der Waals surface area contributed by atoms with E-state index in [2.05, 4.69) is 21.2 Å². The molecular weight excluding hydrogens is 519 g/mol. The van der Waals surface area contributed by atoms with E-state index in [1.54, 1.807) is 48.5 Å². The summed E-state index contributed by atoms with van der Waals surface area (Å²) < 4.78 is 24.9. The third-order valence-electron chi connectivity index (χ3n) is 5.41. The number of amides is 4. The Labute approximate surface area is 209 Å². The zero-order valence-electron chi connectivity index (χ0n) is 18.8. The van der Waals surface area contributed by atoms with Gasteiger partial charge in [0, 0.05) is 16.5 Å². The van der Waals surface area contributed by atoms with Crippen LogP contribution in [0, 0.1) is 5.82 Å². The minimum absolute atomic E-state index is 0.216. The monoisotopic (exact) mass is 538 g/mol. The number of methoxy groups -OCH3 is 2. The number of ether oxygens (including phenoxy) is 2. The van der Waals surface area contributed by atoms with Gasteiger partial charge >= 0.3 is 6.03 Å². The van der Waals surface area contributed by atoms with Crippen molar-refractivity contribution in [3.05, 3.63) is 93.2 Å². The summed E-state index contributed by atoms with van der Waals surface area (Å²) in [5.74, 6) is -0.855. The van der Waals surface area contributed by atoms with Crippen molar-refractivity contribution in [3.63, 3.8) is 0 Å². The van der Waals surface area contributed by atoms with Crippen LogP contribution in [-0.2, 0) is 16.0 Å². The van der Waals surface area contributed by atoms with Crippen LogP contribution in [0.5, 0.6) is 11.5 Å². The third-order valence-corrected chi connectivity index (χ3v) is 6.12. The van der Waals surface area contributed by atoms with Crippen molar-refractivity contribution in [3.8, 4) is 11.5 Å². The lowest BCUT2D eigenvalue weighted by atomic mass is 10.0. The molecule has 0 unspecified atom stereocenters. The lowest BCUT2D eigenvalue weighted by Gasteiger charge is -2.26. The molecule has 3 aromatic carbocycles. The quantitative estimate of drug-likeness (QED) is 0.357.